The number of ether oxygens (including phenoxy) is 3. The lowest BCUT2D eigenvalue weighted by Crippen LogP contribution is -2.42. The van der Waals surface area contributed by atoms with E-state index in [1.165, 1.54) is 597 Å². The van der Waals surface area contributed by atoms with Crippen molar-refractivity contribution in [1.82, 2.24) is 0 Å². The van der Waals surface area contributed by atoms with Gasteiger partial charge in [-0.2, -0.15) is 0 Å². The predicted octanol–water partition coefficient (Wildman–Crippen LogP) is 37.6. The summed E-state index contributed by atoms with van der Waals surface area (Å²) in [5, 5.41) is 41.9. The predicted molar refractivity (Wildman–Crippen MR) is 554 cm³/mol. The van der Waals surface area contributed by atoms with E-state index in [-0.39, 0.29) is 12.0 Å². The molecule has 8 atom stereocenters. The molecule has 0 radical (unpaired) electrons. The van der Waals surface area contributed by atoms with Crippen LogP contribution in [-0.4, -0.2) is 62.3 Å². The van der Waals surface area contributed by atoms with E-state index in [0.717, 1.165) is 101 Å². The maximum absolute atomic E-state index is 11.5. The van der Waals surface area contributed by atoms with Crippen LogP contribution in [0.4, 0.5) is 0 Å². The Labute approximate surface area is 802 Å². The Bertz CT molecular complexity index is 3210. The summed E-state index contributed by atoms with van der Waals surface area (Å²) >= 11 is 0. The topological polar surface area (TPSA) is 150 Å². The maximum Gasteiger partial charge on any atom is 0.214 e. The summed E-state index contributed by atoms with van der Waals surface area (Å²) in [6.07, 6.45) is 131. The summed E-state index contributed by atoms with van der Waals surface area (Å²) in [6, 6.07) is 0.466. The molecule has 0 aromatic carbocycles. The van der Waals surface area contributed by atoms with Gasteiger partial charge < -0.3 is 39.4 Å². The summed E-state index contributed by atoms with van der Waals surface area (Å²) in [7, 11) is 0. The number of hydrogen-bond acceptors (Lipinski definition) is 10. The van der Waals surface area contributed by atoms with Crippen molar-refractivity contribution >= 4 is 17.1 Å². The standard InChI is InChI=1S/C24H42N2.C24H43NO.2C24H42O2.C24H40O2/c25-22-17-13-9-5-4-8-12-16-20-24(21-22)26-23-18-14-10-6-2-1-3-7-11-15-19-23;1-3-7-11-15-19-23-21(17-13-9-5-1)25-22-18-14-10-6-2-4-8-12-16-20-24(22)26-23;25-24-20-16-12-8-4-3-6-10-14-18-22(24)21-17-13-9-5-1-2-7-11-15-19-23(21)26-24;25-24-19-15-11-7-3-4-8-12-16-21(20-24)22-17-13-9-5-1-2-6-10-14-18-23(22)26-24;25-22-18-14-10-6-3-5-9-13-17-21-20-16-12-8-4-1-2-7-11-15-19-23(20)26-24(21)22/h21,25H,1-20H2;21,23-24H,1-20H2;22,25H,1-20H2;21,25H,1-20H2;22,25H,1-19H2/b24-21-,25-22?;;;;. The van der Waals surface area contributed by atoms with Gasteiger partial charge in [0.15, 0.2) is 0 Å². The van der Waals surface area contributed by atoms with Crippen LogP contribution in [0.5, 0.6) is 0 Å². The molecule has 10 nitrogen and oxygen atoms in total. The fourth-order valence-electron chi connectivity index (χ4n) is 25.2. The minimum absolute atomic E-state index is 0.278. The number of nitrogens with one attached hydrogen (secondary N) is 1. The van der Waals surface area contributed by atoms with E-state index in [0.29, 0.717) is 24.2 Å². The molecule has 2 bridgehead atoms. The average molecular weight is 1810 g/mol. The minimum Gasteiger partial charge on any atom is -0.467 e. The number of rotatable bonds is 1. The lowest BCUT2D eigenvalue weighted by atomic mass is 9.79. The number of aliphatic hydroxyl groups is 3. The summed E-state index contributed by atoms with van der Waals surface area (Å²) in [5.74, 6) is 3.68. The van der Waals surface area contributed by atoms with Gasteiger partial charge in [0.2, 0.25) is 11.6 Å². The highest BCUT2D eigenvalue weighted by Crippen LogP contribution is 2.49. The van der Waals surface area contributed by atoms with Crippen molar-refractivity contribution in [3.05, 3.63) is 57.1 Å². The van der Waals surface area contributed by atoms with Gasteiger partial charge in [0.25, 0.3) is 0 Å². The van der Waals surface area contributed by atoms with Crippen molar-refractivity contribution in [3.8, 4) is 0 Å². The lowest BCUT2D eigenvalue weighted by molar-refractivity contribution is -0.205. The number of furan rings is 1. The molecule has 3 aliphatic heterocycles. The molecule has 130 heavy (non-hydrogen) atoms. The number of aliphatic hydroxyl groups excluding tert-OH is 1. The Morgan fingerprint density at radius 1 is 0.315 bits per heavy atom. The fourth-order valence-corrected chi connectivity index (χ4v) is 25.2. The second-order valence-corrected chi connectivity index (χ2v) is 44.7. The van der Waals surface area contributed by atoms with E-state index in [9.17, 15) is 15.3 Å². The highest BCUT2D eigenvalue weighted by atomic mass is 16.6. The molecule has 4 N–H and O–H groups in total. The fraction of sp³-hybridized carbons (Fsp3) is 0.892. The van der Waals surface area contributed by atoms with Gasteiger partial charge in [0.1, 0.15) is 17.6 Å². The van der Waals surface area contributed by atoms with Crippen molar-refractivity contribution in [2.24, 2.45) is 21.8 Å². The number of aryl methyl sites for hydroxylation is 1. The molecule has 1 aromatic rings. The van der Waals surface area contributed by atoms with E-state index in [2.05, 4.69) is 6.08 Å². The van der Waals surface area contributed by atoms with E-state index < -0.39 is 11.6 Å². The summed E-state index contributed by atoms with van der Waals surface area (Å²) < 4.78 is 26.0. The van der Waals surface area contributed by atoms with Gasteiger partial charge >= 0.3 is 0 Å². The van der Waals surface area contributed by atoms with Gasteiger partial charge in [-0.05, 0) is 220 Å². The Balaban J connectivity index is 0.000000169. The van der Waals surface area contributed by atoms with Gasteiger partial charge in [-0.1, -0.05) is 411 Å². The number of allylic oxidation sites excluding steroid dienone is 5. The molecule has 10 heteroatoms. The van der Waals surface area contributed by atoms with Gasteiger partial charge in [0, 0.05) is 67.3 Å². The van der Waals surface area contributed by atoms with Crippen LogP contribution in [0.25, 0.3) is 0 Å². The van der Waals surface area contributed by atoms with Crippen molar-refractivity contribution in [3.63, 3.8) is 0 Å². The first-order chi connectivity index (χ1) is 64.2. The molecule has 0 spiro atoms. The largest absolute Gasteiger partial charge is 0.467 e. The average Bonchev–Trinajstić information content (AvgIpc) is 1.58. The van der Waals surface area contributed by atoms with Gasteiger partial charge in [-0.25, -0.2) is 0 Å². The SMILES string of the molecule is C1CCCCCC2OC3CCCCCCCCCCC3N=C2CCCC1.N=C1/C=C(\N=C2CCCCCCCCCCC2)CCCCCCCCC1.OC12CCCCCCCCCC(C1)C1=C(CCCCCCCCCC1)O2.OC12CCCCCCCCCCC1C1=C(CCCCCCCCCC1)O2.OC1CCCCCCCCCc2c1oc1c2CCCCCCCCCC1. The van der Waals surface area contributed by atoms with Crippen molar-refractivity contribution in [1.29, 1.82) is 5.41 Å². The second kappa shape index (κ2) is 68.9. The van der Waals surface area contributed by atoms with Crippen LogP contribution < -0.4 is 0 Å². The van der Waals surface area contributed by atoms with Gasteiger partial charge in [-0.15, -0.1) is 0 Å². The molecule has 14 rings (SSSR count). The van der Waals surface area contributed by atoms with Crippen LogP contribution in [0.1, 0.15) is 645 Å². The summed E-state index contributed by atoms with van der Waals surface area (Å²) in [6.45, 7) is 0. The summed E-state index contributed by atoms with van der Waals surface area (Å²) in [5.41, 5.74) is 10.9. The Morgan fingerprint density at radius 2 is 0.677 bits per heavy atom. The Kier molecular flexibility index (Phi) is 57.7. The van der Waals surface area contributed by atoms with Crippen LogP contribution >= 0.6 is 0 Å². The molecule has 1 aromatic heterocycles. The highest BCUT2D eigenvalue weighted by Gasteiger charge is 2.47. The second-order valence-electron chi connectivity index (χ2n) is 44.7. The molecule has 10 aliphatic carbocycles. The molecule has 746 valence electrons. The van der Waals surface area contributed by atoms with Crippen LogP contribution in [0.3, 0.4) is 0 Å². The lowest BCUT2D eigenvalue weighted by Gasteiger charge is -2.41. The number of nitrogens with zero attached hydrogens (tertiary/aromatic N) is 2. The van der Waals surface area contributed by atoms with Crippen LogP contribution in [0.2, 0.25) is 0 Å². The third-order valence-corrected chi connectivity index (χ3v) is 33.3. The van der Waals surface area contributed by atoms with Crippen LogP contribution in [-0.2, 0) is 33.5 Å². The molecule has 5 saturated carbocycles. The Hall–Kier alpha value is -3.05. The molecular weight excluding hydrogens is 1600 g/mol. The van der Waals surface area contributed by atoms with Gasteiger partial charge in [0.05, 0.1) is 29.8 Å². The first kappa shape index (κ1) is 109. The highest BCUT2D eigenvalue weighted by molar-refractivity contribution is 5.93. The molecule has 8 unspecified atom stereocenters. The zero-order valence-corrected chi connectivity index (χ0v) is 85.4. The third kappa shape index (κ3) is 44.4. The summed E-state index contributed by atoms with van der Waals surface area (Å²) in [4.78, 5) is 10.5. The smallest absolute Gasteiger partial charge is 0.214 e. The molecule has 0 amide bonds. The van der Waals surface area contributed by atoms with Crippen molar-refractivity contribution in [2.45, 2.75) is 672 Å². The molecule has 0 saturated heterocycles. The van der Waals surface area contributed by atoms with E-state index in [1.807, 2.05) is 0 Å². The molecule has 13 aliphatic rings. The maximum atomic E-state index is 11.5. The molecule has 4 heterocycles. The number of aliphatic imine (C=N–C) groups is 2. The number of fused-ring (bicyclic) bond motifs is 10. The minimum atomic E-state index is -0.885. The van der Waals surface area contributed by atoms with E-state index >= 15 is 0 Å². The van der Waals surface area contributed by atoms with Crippen molar-refractivity contribution < 1.29 is 33.9 Å². The molecule has 5 fully saturated rings. The normalized spacial score (nSPS) is 30.3. The number of hydrogen-bond donors (Lipinski definition) is 4. The van der Waals surface area contributed by atoms with E-state index in [1.54, 1.807) is 5.57 Å². The zero-order chi connectivity index (χ0) is 90.3. The quantitative estimate of drug-likeness (QED) is 0.219. The van der Waals surface area contributed by atoms with E-state index in [4.69, 9.17) is 34.0 Å². The third-order valence-electron chi connectivity index (χ3n) is 33.3. The first-order valence-corrected chi connectivity index (χ1v) is 59.3. The van der Waals surface area contributed by atoms with Crippen LogP contribution in [0, 0.1) is 17.2 Å². The monoisotopic (exact) mass is 1800 g/mol. The zero-order valence-electron chi connectivity index (χ0n) is 85.4. The van der Waals surface area contributed by atoms with Gasteiger partial charge in [-0.3, -0.25) is 9.98 Å². The molecular formula is C120H209N3O7. The van der Waals surface area contributed by atoms with Crippen molar-refractivity contribution in [2.75, 3.05) is 0 Å². The first-order valence-electron chi connectivity index (χ1n) is 59.3. The van der Waals surface area contributed by atoms with Crippen LogP contribution in [0.15, 0.2) is 48.8 Å². The Morgan fingerprint density at radius 3 is 1.18 bits per heavy atom.